The van der Waals surface area contributed by atoms with Gasteiger partial charge in [0.25, 0.3) is 0 Å². The second-order valence-electron chi connectivity index (χ2n) is 11.2. The van der Waals surface area contributed by atoms with E-state index in [4.69, 9.17) is 0 Å². The Kier molecular flexibility index (Phi) is 14.8. The fourth-order valence-electron chi connectivity index (χ4n) is 6.02. The summed E-state index contributed by atoms with van der Waals surface area (Å²) in [4.78, 5) is 0. The van der Waals surface area contributed by atoms with E-state index >= 15 is 0 Å². The molecule has 0 aliphatic carbocycles. The molecule has 3 aromatic rings. The van der Waals surface area contributed by atoms with Crippen LogP contribution in [0.5, 0.6) is 0 Å². The number of unbranched alkanes of at least 4 members (excludes halogenated alkanes) is 13. The third-order valence-corrected chi connectivity index (χ3v) is 10.5. The molecule has 0 nitrogen and oxygen atoms in total. The van der Waals surface area contributed by atoms with Gasteiger partial charge in [0.15, 0.2) is 0 Å². The molecular formula is C37H53P. The Hall–Kier alpha value is -1.91. The van der Waals surface area contributed by atoms with Gasteiger partial charge in [0.05, 0.1) is 0 Å². The van der Waals surface area contributed by atoms with Crippen molar-refractivity contribution >= 4 is 8.58 Å². The van der Waals surface area contributed by atoms with E-state index in [-0.39, 0.29) is 5.16 Å². The van der Waals surface area contributed by atoms with Crippen molar-refractivity contribution in [3.63, 3.8) is 0 Å². The lowest BCUT2D eigenvalue weighted by Crippen LogP contribution is -2.29. The lowest BCUT2D eigenvalue weighted by molar-refractivity contribution is 0.538. The van der Waals surface area contributed by atoms with Crippen molar-refractivity contribution in [1.82, 2.24) is 0 Å². The fraction of sp³-hybridized carbons (Fsp3) is 0.514. The maximum Gasteiger partial charge on any atom is 0.0438 e. The Bertz CT molecular complexity index is 910. The van der Waals surface area contributed by atoms with Gasteiger partial charge >= 0.3 is 0 Å². The molecule has 0 spiro atoms. The van der Waals surface area contributed by atoms with Crippen molar-refractivity contribution in [3.8, 4) is 0 Å². The average molecular weight is 529 g/mol. The van der Waals surface area contributed by atoms with Crippen LogP contribution in [-0.2, 0) is 5.16 Å². The highest BCUT2D eigenvalue weighted by Gasteiger charge is 2.39. The number of hydrogen-bond acceptors (Lipinski definition) is 0. The first kappa shape index (κ1) is 30.6. The Balaban J connectivity index is 1.50. The molecule has 0 aliphatic heterocycles. The van der Waals surface area contributed by atoms with E-state index in [1.54, 1.807) is 0 Å². The van der Waals surface area contributed by atoms with Crippen molar-refractivity contribution < 1.29 is 0 Å². The lowest BCUT2D eigenvalue weighted by Gasteiger charge is -2.41. The van der Waals surface area contributed by atoms with E-state index in [0.29, 0.717) is 5.92 Å². The van der Waals surface area contributed by atoms with E-state index in [9.17, 15) is 0 Å². The average Bonchev–Trinajstić information content (AvgIpc) is 2.98. The van der Waals surface area contributed by atoms with E-state index in [2.05, 4.69) is 105 Å². The third-order valence-electron chi connectivity index (χ3n) is 8.34. The van der Waals surface area contributed by atoms with Crippen LogP contribution in [0.4, 0.5) is 0 Å². The topological polar surface area (TPSA) is 0 Å². The highest BCUT2D eigenvalue weighted by atomic mass is 31.1. The molecule has 0 heterocycles. The van der Waals surface area contributed by atoms with Crippen LogP contribution in [-0.4, -0.2) is 6.16 Å². The predicted molar refractivity (Wildman–Crippen MR) is 172 cm³/mol. The Morgan fingerprint density at radius 3 is 1.29 bits per heavy atom. The molecule has 0 amide bonds. The monoisotopic (exact) mass is 528 g/mol. The van der Waals surface area contributed by atoms with Crippen LogP contribution in [0.1, 0.15) is 126 Å². The highest BCUT2D eigenvalue weighted by Crippen LogP contribution is 2.56. The molecule has 0 N–H and O–H groups in total. The summed E-state index contributed by atoms with van der Waals surface area (Å²) in [6.07, 6.45) is 21.2. The van der Waals surface area contributed by atoms with Crippen molar-refractivity contribution in [2.75, 3.05) is 6.16 Å². The zero-order chi connectivity index (χ0) is 26.7. The molecule has 2 atom stereocenters. The zero-order valence-corrected chi connectivity index (χ0v) is 25.3. The van der Waals surface area contributed by atoms with Crippen LogP contribution in [0, 0.1) is 0 Å². The normalized spacial score (nSPS) is 12.8. The van der Waals surface area contributed by atoms with Gasteiger partial charge in [0, 0.05) is 5.16 Å². The van der Waals surface area contributed by atoms with Crippen molar-refractivity contribution in [1.29, 1.82) is 0 Å². The minimum Gasteiger partial charge on any atom is -0.106 e. The molecule has 0 radical (unpaired) electrons. The molecule has 0 bridgehead atoms. The SMILES string of the molecule is CCCCCCCCCCCCCCCCPC(c1ccccc1)(c1ccccc1)C(C)c1ccccc1. The fourth-order valence-corrected chi connectivity index (χ4v) is 8.06. The molecule has 206 valence electrons. The second-order valence-corrected chi connectivity index (χ2v) is 12.8. The van der Waals surface area contributed by atoms with Gasteiger partial charge < -0.3 is 0 Å². The minimum absolute atomic E-state index is 0.0143. The molecule has 38 heavy (non-hydrogen) atoms. The number of benzene rings is 3. The van der Waals surface area contributed by atoms with Crippen LogP contribution >= 0.6 is 8.58 Å². The quantitative estimate of drug-likeness (QED) is 0.101. The summed E-state index contributed by atoms with van der Waals surface area (Å²) in [6.45, 7) is 4.75. The second kappa shape index (κ2) is 18.4. The molecule has 0 aromatic heterocycles. The van der Waals surface area contributed by atoms with Crippen molar-refractivity contribution in [2.45, 2.75) is 115 Å². The maximum absolute atomic E-state index is 2.45. The Labute approximate surface area is 236 Å². The molecular weight excluding hydrogens is 475 g/mol. The first-order valence-electron chi connectivity index (χ1n) is 15.7. The molecule has 0 aliphatic rings. The van der Waals surface area contributed by atoms with Crippen molar-refractivity contribution in [3.05, 3.63) is 108 Å². The third kappa shape index (κ3) is 9.68. The van der Waals surface area contributed by atoms with Crippen LogP contribution < -0.4 is 0 Å². The van der Waals surface area contributed by atoms with Gasteiger partial charge in [-0.1, -0.05) is 188 Å². The number of rotatable bonds is 20. The summed E-state index contributed by atoms with van der Waals surface area (Å²) < 4.78 is 0. The summed E-state index contributed by atoms with van der Waals surface area (Å²) >= 11 is 0. The first-order chi connectivity index (χ1) is 18.8. The van der Waals surface area contributed by atoms with Gasteiger partial charge in [-0.25, -0.2) is 0 Å². The standard InChI is InChI=1S/C37H53P/c1-3-4-5-6-7-8-9-10-11-12-13-14-15-25-32-38-37(35-28-21-17-22-29-35,36-30-23-18-24-31-36)33(2)34-26-19-16-20-27-34/h16-24,26-31,33,38H,3-15,25,32H2,1-2H3. The van der Waals surface area contributed by atoms with Gasteiger partial charge in [0.1, 0.15) is 0 Å². The molecule has 0 saturated carbocycles. The summed E-state index contributed by atoms with van der Waals surface area (Å²) in [5, 5.41) is 0.0143. The molecule has 0 fully saturated rings. The van der Waals surface area contributed by atoms with Gasteiger partial charge in [-0.15, -0.1) is 8.58 Å². The Morgan fingerprint density at radius 2 is 0.868 bits per heavy atom. The Morgan fingerprint density at radius 1 is 0.500 bits per heavy atom. The van der Waals surface area contributed by atoms with Crippen LogP contribution in [0.15, 0.2) is 91.0 Å². The van der Waals surface area contributed by atoms with E-state index in [1.807, 2.05) is 0 Å². The summed E-state index contributed by atoms with van der Waals surface area (Å²) in [5.41, 5.74) is 4.37. The van der Waals surface area contributed by atoms with Gasteiger partial charge in [-0.05, 0) is 35.2 Å². The van der Waals surface area contributed by atoms with Crippen LogP contribution in [0.25, 0.3) is 0 Å². The van der Waals surface area contributed by atoms with Gasteiger partial charge in [0.2, 0.25) is 0 Å². The largest absolute Gasteiger partial charge is 0.106 e. The molecule has 3 aromatic carbocycles. The zero-order valence-electron chi connectivity index (χ0n) is 24.3. The first-order valence-corrected chi connectivity index (χ1v) is 16.9. The van der Waals surface area contributed by atoms with Crippen molar-refractivity contribution in [2.24, 2.45) is 0 Å². The minimum atomic E-state index is 0.0143. The molecule has 3 rings (SSSR count). The highest BCUT2D eigenvalue weighted by molar-refractivity contribution is 7.40. The molecule has 1 heteroatoms. The molecule has 2 unspecified atom stereocenters. The van der Waals surface area contributed by atoms with Gasteiger partial charge in [-0.2, -0.15) is 0 Å². The van der Waals surface area contributed by atoms with Crippen LogP contribution in [0.2, 0.25) is 0 Å². The van der Waals surface area contributed by atoms with E-state index in [0.717, 1.165) is 8.58 Å². The van der Waals surface area contributed by atoms with Crippen LogP contribution in [0.3, 0.4) is 0 Å². The lowest BCUT2D eigenvalue weighted by atomic mass is 9.77. The smallest absolute Gasteiger partial charge is 0.0438 e. The summed E-state index contributed by atoms with van der Waals surface area (Å²) in [6, 6.07) is 33.8. The molecule has 0 saturated heterocycles. The summed E-state index contributed by atoms with van der Waals surface area (Å²) in [7, 11) is 0.866. The van der Waals surface area contributed by atoms with E-state index < -0.39 is 0 Å². The number of hydrogen-bond donors (Lipinski definition) is 0. The van der Waals surface area contributed by atoms with E-state index in [1.165, 1.54) is 113 Å². The van der Waals surface area contributed by atoms with Gasteiger partial charge in [-0.3, -0.25) is 0 Å². The predicted octanol–water partition coefficient (Wildman–Crippen LogP) is 11.9. The maximum atomic E-state index is 2.45. The summed E-state index contributed by atoms with van der Waals surface area (Å²) in [5.74, 6) is 0.415.